The van der Waals surface area contributed by atoms with E-state index in [4.69, 9.17) is 5.10 Å². The lowest BCUT2D eigenvalue weighted by Crippen LogP contribution is -2.53. The smallest absolute Gasteiger partial charge is 0.234 e. The topological polar surface area (TPSA) is 82.5 Å². The number of hydrogen-bond acceptors (Lipinski definition) is 5. The number of amides is 2. The summed E-state index contributed by atoms with van der Waals surface area (Å²) < 4.78 is 1.99. The molecule has 2 amide bonds. The average molecular weight is 481 g/mol. The monoisotopic (exact) mass is 480 g/mol. The molecule has 0 unspecified atom stereocenters. The Morgan fingerprint density at radius 3 is 2.23 bits per heavy atom. The van der Waals surface area contributed by atoms with Gasteiger partial charge in [-0.25, -0.2) is 4.68 Å². The van der Waals surface area contributed by atoms with Gasteiger partial charge in [0, 0.05) is 36.4 Å². The number of rotatable bonds is 9. The molecule has 2 aliphatic rings. The summed E-state index contributed by atoms with van der Waals surface area (Å²) in [6.07, 6.45) is 1.95. The second-order valence-electron chi connectivity index (χ2n) is 11.4. The van der Waals surface area contributed by atoms with Crippen molar-refractivity contribution in [2.24, 2.45) is 5.92 Å². The minimum atomic E-state index is -0.216. The third-order valence-corrected chi connectivity index (χ3v) is 6.59. The van der Waals surface area contributed by atoms with E-state index in [1.54, 1.807) is 0 Å². The zero-order chi connectivity index (χ0) is 25.2. The molecule has 2 N–H and O–H groups in total. The zero-order valence-electron chi connectivity index (χ0n) is 21.8. The number of hydrogen-bond donors (Lipinski definition) is 2. The van der Waals surface area contributed by atoms with E-state index in [0.717, 1.165) is 43.0 Å². The van der Waals surface area contributed by atoms with E-state index in [0.29, 0.717) is 37.6 Å². The Kier molecular flexibility index (Phi) is 7.62. The van der Waals surface area contributed by atoms with Crippen LogP contribution in [0, 0.1) is 5.92 Å². The van der Waals surface area contributed by atoms with Crippen LogP contribution in [0.15, 0.2) is 36.4 Å². The first-order valence-corrected chi connectivity index (χ1v) is 12.8. The molecule has 35 heavy (non-hydrogen) atoms. The second-order valence-corrected chi connectivity index (χ2v) is 11.4. The highest BCUT2D eigenvalue weighted by molar-refractivity contribution is 5.79. The Balaban J connectivity index is 1.28. The van der Waals surface area contributed by atoms with Crippen molar-refractivity contribution < 1.29 is 9.59 Å². The van der Waals surface area contributed by atoms with Gasteiger partial charge >= 0.3 is 0 Å². The fourth-order valence-corrected chi connectivity index (χ4v) is 5.21. The van der Waals surface area contributed by atoms with Gasteiger partial charge in [-0.05, 0) is 57.7 Å². The van der Waals surface area contributed by atoms with E-state index in [9.17, 15) is 9.59 Å². The summed E-state index contributed by atoms with van der Waals surface area (Å²) in [6, 6.07) is 12.9. The minimum absolute atomic E-state index is 0.0225. The summed E-state index contributed by atoms with van der Waals surface area (Å²) in [5.41, 5.74) is 2.85. The minimum Gasteiger partial charge on any atom is -0.350 e. The standard InChI is InChI=1S/C27H40N6O2/c1-19(2)11-22-12-20(30-33(22)21-9-7-6-8-10-21)14-28-25(34)17-31-15-24-13-23(31)16-32(24)18-26(35)29-27(3,4)5/h6-10,12,19,23-24H,11,13-18H2,1-5H3,(H,28,34)(H,29,35)/t23-,24-/m0/s1. The molecule has 3 heterocycles. The molecule has 1 aromatic heterocycles. The summed E-state index contributed by atoms with van der Waals surface area (Å²) in [5.74, 6) is 0.608. The number of piperazine rings is 1. The van der Waals surface area contributed by atoms with Crippen molar-refractivity contribution in [3.63, 3.8) is 0 Å². The molecule has 2 saturated heterocycles. The van der Waals surface area contributed by atoms with Gasteiger partial charge in [0.2, 0.25) is 11.8 Å². The molecule has 2 fully saturated rings. The quantitative estimate of drug-likeness (QED) is 0.576. The van der Waals surface area contributed by atoms with Crippen molar-refractivity contribution in [1.29, 1.82) is 0 Å². The van der Waals surface area contributed by atoms with Crippen LogP contribution >= 0.6 is 0 Å². The average Bonchev–Trinajstić information content (AvgIpc) is 3.45. The first-order chi connectivity index (χ1) is 16.6. The van der Waals surface area contributed by atoms with E-state index in [2.05, 4.69) is 52.5 Å². The van der Waals surface area contributed by atoms with Crippen LogP contribution in [0.1, 0.15) is 52.4 Å². The van der Waals surface area contributed by atoms with E-state index in [1.165, 1.54) is 0 Å². The lowest BCUT2D eigenvalue weighted by atomic mass is 10.1. The van der Waals surface area contributed by atoms with Crippen molar-refractivity contribution in [2.45, 2.75) is 71.6 Å². The summed E-state index contributed by atoms with van der Waals surface area (Å²) in [6.45, 7) is 13.3. The van der Waals surface area contributed by atoms with E-state index < -0.39 is 0 Å². The lowest BCUT2D eigenvalue weighted by Gasteiger charge is -2.34. The molecule has 1 aromatic carbocycles. The van der Waals surface area contributed by atoms with Crippen molar-refractivity contribution in [2.75, 3.05) is 26.2 Å². The Morgan fingerprint density at radius 2 is 1.66 bits per heavy atom. The number of benzene rings is 1. The van der Waals surface area contributed by atoms with Crippen LogP contribution in [-0.2, 0) is 22.6 Å². The van der Waals surface area contributed by atoms with Crippen LogP contribution in [-0.4, -0.2) is 75.2 Å². The van der Waals surface area contributed by atoms with Gasteiger partial charge < -0.3 is 10.6 Å². The second kappa shape index (κ2) is 10.5. The lowest BCUT2D eigenvalue weighted by molar-refractivity contribution is -0.126. The number of carbonyl (C=O) groups is 2. The Morgan fingerprint density at radius 1 is 1.03 bits per heavy atom. The maximum absolute atomic E-state index is 12.7. The van der Waals surface area contributed by atoms with Gasteiger partial charge in [-0.2, -0.15) is 5.10 Å². The fourth-order valence-electron chi connectivity index (χ4n) is 5.21. The molecule has 8 nitrogen and oxygen atoms in total. The fraction of sp³-hybridized carbons (Fsp3) is 0.593. The molecule has 0 spiro atoms. The summed E-state index contributed by atoms with van der Waals surface area (Å²) in [5, 5.41) is 10.9. The molecule has 8 heteroatoms. The molecular weight excluding hydrogens is 440 g/mol. The van der Waals surface area contributed by atoms with Gasteiger partial charge in [0.05, 0.1) is 31.0 Å². The number of aromatic nitrogens is 2. The molecule has 4 rings (SSSR count). The van der Waals surface area contributed by atoms with Crippen molar-refractivity contribution in [1.82, 2.24) is 30.2 Å². The van der Waals surface area contributed by atoms with Gasteiger partial charge in [0.1, 0.15) is 0 Å². The number of nitrogens with zero attached hydrogens (tertiary/aromatic N) is 4. The molecule has 0 aliphatic carbocycles. The molecule has 0 radical (unpaired) electrons. The van der Waals surface area contributed by atoms with Gasteiger partial charge in [-0.1, -0.05) is 32.0 Å². The highest BCUT2D eigenvalue weighted by Crippen LogP contribution is 2.30. The summed E-state index contributed by atoms with van der Waals surface area (Å²) >= 11 is 0. The first kappa shape index (κ1) is 25.4. The number of fused-ring (bicyclic) bond motifs is 2. The predicted molar refractivity (Wildman–Crippen MR) is 137 cm³/mol. The number of likely N-dealkylation sites (tertiary alicyclic amines) is 2. The maximum atomic E-state index is 12.7. The summed E-state index contributed by atoms with van der Waals surface area (Å²) in [7, 11) is 0. The molecule has 2 aromatic rings. The molecule has 190 valence electrons. The Hall–Kier alpha value is -2.71. The zero-order valence-corrected chi connectivity index (χ0v) is 21.8. The SMILES string of the molecule is CC(C)Cc1cc(CNC(=O)CN2C[C@@H]3C[C@H]2CN3CC(=O)NC(C)(C)C)nn1-c1ccccc1. The number of nitrogens with one attached hydrogen (secondary N) is 2. The van der Waals surface area contributed by atoms with E-state index in [1.807, 2.05) is 43.7 Å². The molecular formula is C27H40N6O2. The van der Waals surface area contributed by atoms with Crippen molar-refractivity contribution in [3.05, 3.63) is 47.8 Å². The summed E-state index contributed by atoms with van der Waals surface area (Å²) in [4.78, 5) is 29.6. The van der Waals surface area contributed by atoms with E-state index in [-0.39, 0.29) is 17.4 Å². The van der Waals surface area contributed by atoms with Crippen LogP contribution in [0.2, 0.25) is 0 Å². The number of para-hydroxylation sites is 1. The van der Waals surface area contributed by atoms with Gasteiger partial charge in [-0.15, -0.1) is 0 Å². The van der Waals surface area contributed by atoms with Crippen LogP contribution in [0.3, 0.4) is 0 Å². The molecule has 0 saturated carbocycles. The Labute approximate surface area is 209 Å². The highest BCUT2D eigenvalue weighted by Gasteiger charge is 2.44. The van der Waals surface area contributed by atoms with Crippen LogP contribution < -0.4 is 10.6 Å². The first-order valence-electron chi connectivity index (χ1n) is 12.8. The molecule has 2 atom stereocenters. The van der Waals surface area contributed by atoms with Gasteiger partial charge in [-0.3, -0.25) is 19.4 Å². The molecule has 2 bridgehead atoms. The van der Waals surface area contributed by atoms with Crippen molar-refractivity contribution >= 4 is 11.8 Å². The normalized spacial score (nSPS) is 20.5. The highest BCUT2D eigenvalue weighted by atomic mass is 16.2. The van der Waals surface area contributed by atoms with Gasteiger partial charge in [0.25, 0.3) is 0 Å². The van der Waals surface area contributed by atoms with Crippen LogP contribution in [0.4, 0.5) is 0 Å². The van der Waals surface area contributed by atoms with Gasteiger partial charge in [0.15, 0.2) is 0 Å². The third-order valence-electron chi connectivity index (χ3n) is 6.59. The third kappa shape index (κ3) is 6.70. The predicted octanol–water partition coefficient (Wildman–Crippen LogP) is 2.36. The Bertz CT molecular complexity index is 1030. The largest absolute Gasteiger partial charge is 0.350 e. The number of carbonyl (C=O) groups excluding carboxylic acids is 2. The van der Waals surface area contributed by atoms with Crippen LogP contribution in [0.5, 0.6) is 0 Å². The van der Waals surface area contributed by atoms with E-state index >= 15 is 0 Å². The van der Waals surface area contributed by atoms with Crippen LogP contribution in [0.25, 0.3) is 5.69 Å². The van der Waals surface area contributed by atoms with Crippen molar-refractivity contribution in [3.8, 4) is 5.69 Å². The molecule has 2 aliphatic heterocycles. The maximum Gasteiger partial charge on any atom is 0.234 e.